The van der Waals surface area contributed by atoms with Gasteiger partial charge in [0.1, 0.15) is 12.8 Å². The Morgan fingerprint density at radius 1 is 1.14 bits per heavy atom. The third-order valence-electron chi connectivity index (χ3n) is 4.79. The van der Waals surface area contributed by atoms with E-state index in [1.807, 2.05) is 12.1 Å². The van der Waals surface area contributed by atoms with E-state index in [1.165, 1.54) is 7.11 Å². The predicted octanol–water partition coefficient (Wildman–Crippen LogP) is 3.74. The minimum Gasteiger partial charge on any atom is -0.493 e. The number of oxime groups is 1. The molecule has 1 saturated carbocycles. The highest BCUT2D eigenvalue weighted by molar-refractivity contribution is 6.00. The largest absolute Gasteiger partial charge is 0.493 e. The molecule has 29 heavy (non-hydrogen) atoms. The summed E-state index contributed by atoms with van der Waals surface area (Å²) in [5.74, 6) is 1.39. The van der Waals surface area contributed by atoms with E-state index in [2.05, 4.69) is 10.1 Å². The van der Waals surface area contributed by atoms with Gasteiger partial charge in [0.25, 0.3) is 0 Å². The lowest BCUT2D eigenvalue weighted by Crippen LogP contribution is -2.08. The standard InChI is InChI=1S/C21H26N2O6/c1-6-29-21(24)18-16(12-7-8-12)17(14(23-18)11-22-28-5)13-9-10-15(25-2)20(27-4)19(13)26-3/h9-12,23H,6-8H2,1-5H3/b22-11+. The maximum absolute atomic E-state index is 12.6. The molecule has 0 amide bonds. The van der Waals surface area contributed by atoms with Crippen LogP contribution in [0.5, 0.6) is 17.2 Å². The van der Waals surface area contributed by atoms with E-state index in [1.54, 1.807) is 34.5 Å². The molecule has 8 nitrogen and oxygen atoms in total. The van der Waals surface area contributed by atoms with Crippen molar-refractivity contribution in [1.82, 2.24) is 4.98 Å². The van der Waals surface area contributed by atoms with E-state index in [4.69, 9.17) is 23.8 Å². The number of carbonyl (C=O) groups is 1. The summed E-state index contributed by atoms with van der Waals surface area (Å²) in [6.07, 6.45) is 3.53. The summed E-state index contributed by atoms with van der Waals surface area (Å²) >= 11 is 0. The number of methoxy groups -OCH3 is 3. The predicted molar refractivity (Wildman–Crippen MR) is 108 cm³/mol. The number of esters is 1. The Labute approximate surface area is 169 Å². The van der Waals surface area contributed by atoms with Crippen molar-refractivity contribution in [2.75, 3.05) is 35.0 Å². The molecule has 1 aliphatic carbocycles. The third-order valence-corrected chi connectivity index (χ3v) is 4.79. The van der Waals surface area contributed by atoms with Crippen LogP contribution in [0.1, 0.15) is 47.4 Å². The van der Waals surface area contributed by atoms with Crippen LogP contribution in [0, 0.1) is 0 Å². The van der Waals surface area contributed by atoms with Crippen molar-refractivity contribution in [2.45, 2.75) is 25.7 Å². The SMILES string of the molecule is CCOC(=O)c1[nH]c(/C=N/OC)c(-c2ccc(OC)c(OC)c2OC)c1C1CC1. The molecule has 0 aliphatic heterocycles. The minimum absolute atomic E-state index is 0.253. The number of aromatic amines is 1. The van der Waals surface area contributed by atoms with Gasteiger partial charge in [0.2, 0.25) is 5.75 Å². The second-order valence-corrected chi connectivity index (χ2v) is 6.50. The highest BCUT2D eigenvalue weighted by atomic mass is 16.6. The molecule has 1 fully saturated rings. The molecule has 2 aromatic rings. The van der Waals surface area contributed by atoms with Crippen LogP contribution in [0.2, 0.25) is 0 Å². The number of carbonyl (C=O) groups excluding carboxylic acids is 1. The van der Waals surface area contributed by atoms with Gasteiger partial charge in [0.15, 0.2) is 11.5 Å². The summed E-state index contributed by atoms with van der Waals surface area (Å²) < 4.78 is 21.9. The zero-order chi connectivity index (χ0) is 21.0. The van der Waals surface area contributed by atoms with Crippen LogP contribution in [0.25, 0.3) is 11.1 Å². The van der Waals surface area contributed by atoms with Crippen LogP contribution in [-0.2, 0) is 9.57 Å². The lowest BCUT2D eigenvalue weighted by Gasteiger charge is -2.17. The summed E-state index contributed by atoms with van der Waals surface area (Å²) in [5.41, 5.74) is 3.53. The molecule has 0 atom stereocenters. The number of nitrogens with zero attached hydrogens (tertiary/aromatic N) is 1. The van der Waals surface area contributed by atoms with Crippen molar-refractivity contribution < 1.29 is 28.6 Å². The Hall–Kier alpha value is -3.16. The summed E-state index contributed by atoms with van der Waals surface area (Å²) in [6.45, 7) is 2.07. The Balaban J connectivity index is 2.30. The molecule has 0 saturated heterocycles. The number of nitrogens with one attached hydrogen (secondary N) is 1. The van der Waals surface area contributed by atoms with Crippen LogP contribution in [0.4, 0.5) is 0 Å². The highest BCUT2D eigenvalue weighted by Gasteiger charge is 2.36. The van der Waals surface area contributed by atoms with Gasteiger partial charge in [-0.1, -0.05) is 5.16 Å². The van der Waals surface area contributed by atoms with Crippen molar-refractivity contribution in [3.8, 4) is 28.4 Å². The molecule has 1 aromatic carbocycles. The number of benzene rings is 1. The Kier molecular flexibility index (Phi) is 6.31. The van der Waals surface area contributed by atoms with E-state index >= 15 is 0 Å². The van der Waals surface area contributed by atoms with E-state index in [-0.39, 0.29) is 5.92 Å². The smallest absolute Gasteiger partial charge is 0.355 e. The van der Waals surface area contributed by atoms with Gasteiger partial charge in [0, 0.05) is 11.1 Å². The van der Waals surface area contributed by atoms with Crippen molar-refractivity contribution in [3.05, 3.63) is 29.1 Å². The first kappa shape index (κ1) is 20.6. The Morgan fingerprint density at radius 3 is 2.41 bits per heavy atom. The second-order valence-electron chi connectivity index (χ2n) is 6.50. The van der Waals surface area contributed by atoms with E-state index in [0.29, 0.717) is 35.2 Å². The molecular weight excluding hydrogens is 376 g/mol. The number of hydrogen-bond donors (Lipinski definition) is 1. The maximum atomic E-state index is 12.6. The fourth-order valence-electron chi connectivity index (χ4n) is 3.47. The fraction of sp³-hybridized carbons (Fsp3) is 0.429. The monoisotopic (exact) mass is 402 g/mol. The third kappa shape index (κ3) is 3.87. The highest BCUT2D eigenvalue weighted by Crippen LogP contribution is 2.52. The number of H-pyrrole nitrogens is 1. The topological polar surface area (TPSA) is 91.4 Å². The number of hydrogen-bond acceptors (Lipinski definition) is 7. The fourth-order valence-corrected chi connectivity index (χ4v) is 3.47. The maximum Gasteiger partial charge on any atom is 0.355 e. The average Bonchev–Trinajstić information content (AvgIpc) is 3.51. The molecule has 1 aromatic heterocycles. The van der Waals surface area contributed by atoms with Gasteiger partial charge in [-0.25, -0.2) is 4.79 Å². The van der Waals surface area contributed by atoms with E-state index in [0.717, 1.165) is 29.5 Å². The zero-order valence-corrected chi connectivity index (χ0v) is 17.3. The molecule has 8 heteroatoms. The molecule has 0 unspecified atom stereocenters. The second kappa shape index (κ2) is 8.89. The summed E-state index contributed by atoms with van der Waals surface area (Å²) in [6, 6.07) is 3.69. The van der Waals surface area contributed by atoms with Crippen LogP contribution < -0.4 is 14.2 Å². The van der Waals surface area contributed by atoms with Crippen molar-refractivity contribution in [3.63, 3.8) is 0 Å². The molecule has 0 spiro atoms. The van der Waals surface area contributed by atoms with Gasteiger partial charge >= 0.3 is 5.97 Å². The molecule has 0 bridgehead atoms. The Bertz CT molecular complexity index is 914. The normalized spacial score (nSPS) is 13.4. The van der Waals surface area contributed by atoms with Gasteiger partial charge in [-0.05, 0) is 43.4 Å². The molecule has 1 N–H and O–H groups in total. The molecular formula is C21H26N2O6. The lowest BCUT2D eigenvalue weighted by atomic mass is 9.95. The summed E-state index contributed by atoms with van der Waals surface area (Å²) in [5, 5.41) is 3.89. The molecule has 0 radical (unpaired) electrons. The summed E-state index contributed by atoms with van der Waals surface area (Å²) in [7, 11) is 6.16. The zero-order valence-electron chi connectivity index (χ0n) is 17.3. The lowest BCUT2D eigenvalue weighted by molar-refractivity contribution is 0.0519. The number of aromatic nitrogens is 1. The first-order valence-corrected chi connectivity index (χ1v) is 9.39. The summed E-state index contributed by atoms with van der Waals surface area (Å²) in [4.78, 5) is 20.7. The van der Waals surface area contributed by atoms with Gasteiger partial charge < -0.3 is 28.8 Å². The Morgan fingerprint density at radius 2 is 1.86 bits per heavy atom. The van der Waals surface area contributed by atoms with Crippen LogP contribution in [0.3, 0.4) is 0 Å². The van der Waals surface area contributed by atoms with E-state index < -0.39 is 5.97 Å². The molecule has 3 rings (SSSR count). The van der Waals surface area contributed by atoms with Gasteiger partial charge in [0.05, 0.1) is 39.8 Å². The average molecular weight is 402 g/mol. The number of ether oxygens (including phenoxy) is 4. The molecule has 156 valence electrons. The van der Waals surface area contributed by atoms with Crippen molar-refractivity contribution in [2.24, 2.45) is 5.16 Å². The van der Waals surface area contributed by atoms with Crippen LogP contribution in [0.15, 0.2) is 17.3 Å². The van der Waals surface area contributed by atoms with E-state index in [9.17, 15) is 4.79 Å². The van der Waals surface area contributed by atoms with Gasteiger partial charge in [-0.2, -0.15) is 0 Å². The van der Waals surface area contributed by atoms with Gasteiger partial charge in [-0.15, -0.1) is 0 Å². The van der Waals surface area contributed by atoms with Crippen molar-refractivity contribution >= 4 is 12.2 Å². The first-order chi connectivity index (χ1) is 14.1. The van der Waals surface area contributed by atoms with Crippen LogP contribution in [-0.4, -0.2) is 52.2 Å². The van der Waals surface area contributed by atoms with Crippen molar-refractivity contribution in [1.29, 1.82) is 0 Å². The molecule has 1 heterocycles. The van der Waals surface area contributed by atoms with Gasteiger partial charge in [-0.3, -0.25) is 0 Å². The molecule has 1 aliphatic rings. The number of rotatable bonds is 9. The quantitative estimate of drug-likeness (QED) is 0.390. The van der Waals surface area contributed by atoms with Crippen LogP contribution >= 0.6 is 0 Å². The first-order valence-electron chi connectivity index (χ1n) is 9.39. The minimum atomic E-state index is -0.396.